The average molecular weight is 406 g/mol. The molecule has 0 saturated carbocycles. The first-order valence-corrected chi connectivity index (χ1v) is 8.93. The molecule has 0 bridgehead atoms. The number of halogens is 2. The summed E-state index contributed by atoms with van der Waals surface area (Å²) in [5, 5.41) is 7.65. The molecular formula is C20H24F2N4O3. The van der Waals surface area contributed by atoms with Gasteiger partial charge >= 0.3 is 6.03 Å². The summed E-state index contributed by atoms with van der Waals surface area (Å²) in [5.74, 6) is -1.92. The molecule has 0 radical (unpaired) electrons. The van der Waals surface area contributed by atoms with E-state index in [1.54, 1.807) is 38.2 Å². The average Bonchev–Trinajstić information content (AvgIpc) is 2.67. The van der Waals surface area contributed by atoms with Crippen molar-refractivity contribution in [3.63, 3.8) is 0 Å². The highest BCUT2D eigenvalue weighted by Crippen LogP contribution is 2.23. The second-order valence-corrected chi connectivity index (χ2v) is 6.43. The van der Waals surface area contributed by atoms with Gasteiger partial charge in [-0.2, -0.15) is 0 Å². The Hall–Kier alpha value is -3.20. The number of ether oxygens (including phenoxy) is 1. The van der Waals surface area contributed by atoms with Gasteiger partial charge in [0.15, 0.2) is 0 Å². The number of hydrogen-bond donors (Lipinski definition) is 3. The molecule has 0 saturated heterocycles. The monoisotopic (exact) mass is 406 g/mol. The lowest BCUT2D eigenvalue weighted by Gasteiger charge is -2.18. The van der Waals surface area contributed by atoms with E-state index >= 15 is 0 Å². The highest BCUT2D eigenvalue weighted by molar-refractivity contribution is 6.04. The zero-order valence-corrected chi connectivity index (χ0v) is 16.5. The van der Waals surface area contributed by atoms with E-state index in [-0.39, 0.29) is 11.6 Å². The first kappa shape index (κ1) is 22.1. The number of amides is 3. The molecule has 0 spiro atoms. The third kappa shape index (κ3) is 6.42. The van der Waals surface area contributed by atoms with Crippen LogP contribution in [0.3, 0.4) is 0 Å². The molecule has 0 atom stereocenters. The second-order valence-electron chi connectivity index (χ2n) is 6.43. The van der Waals surface area contributed by atoms with E-state index in [9.17, 15) is 18.4 Å². The zero-order chi connectivity index (χ0) is 21.4. The van der Waals surface area contributed by atoms with Crippen molar-refractivity contribution in [1.82, 2.24) is 5.32 Å². The molecule has 0 aliphatic rings. The van der Waals surface area contributed by atoms with Gasteiger partial charge in [-0.3, -0.25) is 4.79 Å². The predicted molar refractivity (Wildman–Crippen MR) is 109 cm³/mol. The summed E-state index contributed by atoms with van der Waals surface area (Å²) in [7, 11) is 5.19. The Morgan fingerprint density at radius 3 is 2.48 bits per heavy atom. The van der Waals surface area contributed by atoms with Gasteiger partial charge in [-0.05, 0) is 36.8 Å². The van der Waals surface area contributed by atoms with Crippen LogP contribution in [0.5, 0.6) is 0 Å². The van der Waals surface area contributed by atoms with Gasteiger partial charge in [-0.25, -0.2) is 13.6 Å². The fraction of sp³-hybridized carbons (Fsp3) is 0.300. The summed E-state index contributed by atoms with van der Waals surface area (Å²) in [6, 6.07) is 6.96. The maximum Gasteiger partial charge on any atom is 0.323 e. The third-order valence-electron chi connectivity index (χ3n) is 3.97. The first-order chi connectivity index (χ1) is 13.8. The van der Waals surface area contributed by atoms with E-state index < -0.39 is 17.7 Å². The number of anilines is 3. The number of rotatable bonds is 8. The number of nitrogens with zero attached hydrogens (tertiary/aromatic N) is 1. The van der Waals surface area contributed by atoms with E-state index in [2.05, 4.69) is 16.0 Å². The van der Waals surface area contributed by atoms with Crippen LogP contribution < -0.4 is 20.9 Å². The van der Waals surface area contributed by atoms with Crippen molar-refractivity contribution in [1.29, 1.82) is 0 Å². The highest BCUT2D eigenvalue weighted by atomic mass is 19.1. The van der Waals surface area contributed by atoms with Crippen molar-refractivity contribution in [3.05, 3.63) is 53.6 Å². The molecule has 3 N–H and O–H groups in total. The van der Waals surface area contributed by atoms with Crippen molar-refractivity contribution >= 4 is 29.0 Å². The number of carbonyl (C=O) groups excluding carboxylic acids is 2. The minimum Gasteiger partial charge on any atom is -0.385 e. The lowest BCUT2D eigenvalue weighted by atomic mass is 10.1. The van der Waals surface area contributed by atoms with Crippen LogP contribution in [-0.4, -0.2) is 46.3 Å². The summed E-state index contributed by atoms with van der Waals surface area (Å²) >= 11 is 0. The quantitative estimate of drug-likeness (QED) is 0.587. The molecule has 0 heterocycles. The smallest absolute Gasteiger partial charge is 0.323 e. The van der Waals surface area contributed by atoms with Gasteiger partial charge < -0.3 is 25.6 Å². The molecule has 2 rings (SSSR count). The Bertz CT molecular complexity index is 875. The summed E-state index contributed by atoms with van der Waals surface area (Å²) in [6.07, 6.45) is 0.670. The fourth-order valence-electron chi connectivity index (χ4n) is 2.57. The molecule has 3 amide bonds. The largest absolute Gasteiger partial charge is 0.385 e. The molecule has 9 heteroatoms. The number of benzene rings is 2. The Labute approximate surface area is 168 Å². The Kier molecular flexibility index (Phi) is 7.90. The number of hydrogen-bond acceptors (Lipinski definition) is 4. The van der Waals surface area contributed by atoms with Crippen LogP contribution in [0.25, 0.3) is 0 Å². The summed E-state index contributed by atoms with van der Waals surface area (Å²) in [6.45, 7) is 0.976. The molecule has 2 aromatic rings. The van der Waals surface area contributed by atoms with Crippen molar-refractivity contribution in [3.8, 4) is 0 Å². The Morgan fingerprint density at radius 2 is 1.83 bits per heavy atom. The van der Waals surface area contributed by atoms with E-state index in [0.717, 1.165) is 12.1 Å². The Balaban J connectivity index is 2.12. The molecule has 0 aromatic heterocycles. The van der Waals surface area contributed by atoms with Gasteiger partial charge in [0.1, 0.15) is 11.6 Å². The first-order valence-electron chi connectivity index (χ1n) is 8.93. The van der Waals surface area contributed by atoms with Crippen molar-refractivity contribution < 1.29 is 23.1 Å². The number of nitrogens with one attached hydrogen (secondary N) is 3. The molecular weight excluding hydrogens is 382 g/mol. The van der Waals surface area contributed by atoms with Gasteiger partial charge in [0.2, 0.25) is 0 Å². The summed E-state index contributed by atoms with van der Waals surface area (Å²) in [4.78, 5) is 26.5. The van der Waals surface area contributed by atoms with E-state index in [1.807, 2.05) is 0 Å². The molecule has 0 unspecified atom stereocenters. The maximum atomic E-state index is 13.7. The number of carbonyl (C=O) groups is 2. The van der Waals surface area contributed by atoms with Crippen LogP contribution in [0.2, 0.25) is 0 Å². The fourth-order valence-corrected chi connectivity index (χ4v) is 2.57. The SMILES string of the molecule is COCCCNC(=O)c1cc(NC(=O)Nc2ccc(F)cc2F)ccc1N(C)C. The zero-order valence-electron chi connectivity index (χ0n) is 16.5. The molecule has 2 aromatic carbocycles. The minimum atomic E-state index is -0.890. The number of methoxy groups -OCH3 is 1. The lowest BCUT2D eigenvalue weighted by Crippen LogP contribution is -2.27. The van der Waals surface area contributed by atoms with Gasteiger partial charge in [0, 0.05) is 51.8 Å². The molecule has 29 heavy (non-hydrogen) atoms. The topological polar surface area (TPSA) is 82.7 Å². The van der Waals surface area contributed by atoms with E-state index in [1.165, 1.54) is 6.07 Å². The standard InChI is InChI=1S/C20H24F2N4O3/c1-26(2)18-8-6-14(12-15(18)19(27)23-9-4-10-29-3)24-20(28)25-17-7-5-13(21)11-16(17)22/h5-8,11-12H,4,9-10H2,1-3H3,(H,23,27)(H2,24,25,28). The number of urea groups is 1. The second kappa shape index (κ2) is 10.4. The predicted octanol–water partition coefficient (Wildman–Crippen LogP) is 3.44. The molecule has 0 aliphatic heterocycles. The van der Waals surface area contributed by atoms with Crippen molar-refractivity contribution in [2.75, 3.05) is 49.9 Å². The lowest BCUT2D eigenvalue weighted by molar-refractivity contribution is 0.0949. The van der Waals surface area contributed by atoms with Crippen LogP contribution in [-0.2, 0) is 4.74 Å². The summed E-state index contributed by atoms with van der Waals surface area (Å²) in [5.41, 5.74) is 1.23. The van der Waals surface area contributed by atoms with Crippen molar-refractivity contribution in [2.24, 2.45) is 0 Å². The molecule has 0 aliphatic carbocycles. The molecule has 0 fully saturated rings. The van der Waals surface area contributed by atoms with E-state index in [4.69, 9.17) is 4.74 Å². The minimum absolute atomic E-state index is 0.162. The van der Waals surface area contributed by atoms with Crippen LogP contribution in [0.1, 0.15) is 16.8 Å². The van der Waals surface area contributed by atoms with Crippen molar-refractivity contribution in [2.45, 2.75) is 6.42 Å². The highest BCUT2D eigenvalue weighted by Gasteiger charge is 2.15. The van der Waals surface area contributed by atoms with Crippen LogP contribution in [0, 0.1) is 11.6 Å². The third-order valence-corrected chi connectivity index (χ3v) is 3.97. The molecule has 156 valence electrons. The Morgan fingerprint density at radius 1 is 1.07 bits per heavy atom. The molecule has 7 nitrogen and oxygen atoms in total. The van der Waals surface area contributed by atoms with Gasteiger partial charge in [0.05, 0.1) is 11.3 Å². The van der Waals surface area contributed by atoms with Crippen LogP contribution >= 0.6 is 0 Å². The van der Waals surface area contributed by atoms with Crippen LogP contribution in [0.15, 0.2) is 36.4 Å². The van der Waals surface area contributed by atoms with E-state index in [0.29, 0.717) is 42.6 Å². The van der Waals surface area contributed by atoms with Gasteiger partial charge in [0.25, 0.3) is 5.91 Å². The maximum absolute atomic E-state index is 13.7. The van der Waals surface area contributed by atoms with Gasteiger partial charge in [-0.1, -0.05) is 0 Å². The normalized spacial score (nSPS) is 10.4. The van der Waals surface area contributed by atoms with Gasteiger partial charge in [-0.15, -0.1) is 0 Å². The van der Waals surface area contributed by atoms with Crippen LogP contribution in [0.4, 0.5) is 30.6 Å². The summed E-state index contributed by atoms with van der Waals surface area (Å²) < 4.78 is 31.6.